The van der Waals surface area contributed by atoms with Crippen LogP contribution in [0.2, 0.25) is 0 Å². The van der Waals surface area contributed by atoms with E-state index in [1.165, 1.54) is 9.40 Å². The third kappa shape index (κ3) is 11.7. The average molecular weight is 542 g/mol. The molecule has 11 heteroatoms. The topological polar surface area (TPSA) is 130 Å². The molecule has 6 nitrogen and oxygen atoms in total. The van der Waals surface area contributed by atoms with E-state index >= 15 is 0 Å². The molecule has 2 rings (SSSR count). The van der Waals surface area contributed by atoms with Crippen molar-refractivity contribution in [1.82, 2.24) is 9.97 Å². The Labute approximate surface area is 159 Å². The number of hydrogen-bond acceptors (Lipinski definition) is 10. The fraction of sp³-hybridized carbons (Fsp3) is 0. The van der Waals surface area contributed by atoms with E-state index in [0.29, 0.717) is 5.82 Å². The predicted octanol–water partition coefficient (Wildman–Crippen LogP) is 0.592. The molecule has 1 heterocycles. The number of nitrogens with zero attached hydrogens (tertiary/aromatic N) is 2. The molecule has 2 aromatic rings. The van der Waals surface area contributed by atoms with Gasteiger partial charge in [-0.2, -0.15) is 14.4 Å². The zero-order valence-corrected chi connectivity index (χ0v) is 16.2. The number of aromatic nitrogens is 2. The Bertz CT molecular complexity index is 522. The van der Waals surface area contributed by atoms with Crippen LogP contribution in [0.5, 0.6) is 0 Å². The fourth-order valence-corrected chi connectivity index (χ4v) is 1.12. The number of benzene rings is 1. The quantitative estimate of drug-likeness (QED) is 0.163. The molecular weight excluding hydrogens is 527 g/mol. The van der Waals surface area contributed by atoms with Crippen LogP contribution in [0, 0.1) is 0 Å². The van der Waals surface area contributed by atoms with Crippen molar-refractivity contribution in [3.63, 3.8) is 0 Å². The summed E-state index contributed by atoms with van der Waals surface area (Å²) in [4.78, 5) is 7.87. The van der Waals surface area contributed by atoms with Crippen molar-refractivity contribution in [2.45, 2.75) is 0 Å². The maximum absolute atomic E-state index is 5.63. The second-order valence-corrected chi connectivity index (χ2v) is 4.22. The summed E-state index contributed by atoms with van der Waals surface area (Å²) >= 11 is 16.3. The molecule has 21 heavy (non-hydrogen) atoms. The van der Waals surface area contributed by atoms with Crippen molar-refractivity contribution < 1.29 is 21.1 Å². The maximum Gasteiger partial charge on any atom is 2.00 e. The Morgan fingerprint density at radius 3 is 1.86 bits per heavy atom. The Balaban J connectivity index is -0.000000309. The third-order valence-electron chi connectivity index (χ3n) is 1.65. The second kappa shape index (κ2) is 17.4. The number of hydrogen-bond donors (Lipinski definition) is 4. The molecule has 0 radical (unpaired) electrons. The molecule has 1 aromatic heterocycles. The van der Waals surface area contributed by atoms with E-state index in [4.69, 9.17) is 11.5 Å². The van der Waals surface area contributed by atoms with Gasteiger partial charge in [-0.3, -0.25) is 11.7 Å². The Morgan fingerprint density at radius 2 is 1.38 bits per heavy atom. The van der Waals surface area contributed by atoms with E-state index in [1.807, 2.05) is 24.3 Å². The molecule has 0 aliphatic carbocycles. The van der Waals surface area contributed by atoms with Gasteiger partial charge in [0, 0.05) is 5.39 Å². The first-order valence-electron chi connectivity index (χ1n) is 4.83. The monoisotopic (exact) mass is 541 g/mol. The molecule has 0 bridgehead atoms. The normalized spacial score (nSPS) is 7.33. The van der Waals surface area contributed by atoms with E-state index in [0.717, 1.165) is 10.9 Å². The smallest absolute Gasteiger partial charge is 0.436 e. The summed E-state index contributed by atoms with van der Waals surface area (Å²) in [5, 5.41) is 0.840. The van der Waals surface area contributed by atoms with Crippen LogP contribution in [0.15, 0.2) is 24.3 Å². The van der Waals surface area contributed by atoms with Crippen LogP contribution >= 0.6 is 24.4 Å². The molecule has 1 aromatic carbocycles. The average Bonchev–Trinajstić information content (AvgIpc) is 2.42. The van der Waals surface area contributed by atoms with Gasteiger partial charge in [0.1, 0.15) is 5.82 Å². The maximum atomic E-state index is 5.63. The second-order valence-electron chi connectivity index (χ2n) is 2.68. The van der Waals surface area contributed by atoms with Gasteiger partial charge in [0.25, 0.3) is 0 Å². The largest absolute Gasteiger partial charge is 2.00 e. The molecule has 0 aliphatic rings. The van der Waals surface area contributed by atoms with Crippen molar-refractivity contribution in [2.24, 2.45) is 11.7 Å². The van der Waals surface area contributed by atoms with Crippen LogP contribution < -0.4 is 23.2 Å². The Morgan fingerprint density at radius 1 is 0.952 bits per heavy atom. The van der Waals surface area contributed by atoms with Crippen LogP contribution in [0.25, 0.3) is 10.9 Å². The number of thiocarbonyl (C=S) groups is 2. The van der Waals surface area contributed by atoms with Gasteiger partial charge in [-0.15, -0.1) is 0 Å². The third-order valence-corrected chi connectivity index (χ3v) is 1.65. The minimum atomic E-state index is 0. The Hall–Kier alpha value is -0.612. The van der Waals surface area contributed by atoms with Gasteiger partial charge in [0.05, 0.1) is 5.52 Å². The van der Waals surface area contributed by atoms with Gasteiger partial charge in [-0.1, -0.05) is 12.1 Å². The summed E-state index contributed by atoms with van der Waals surface area (Å²) in [7, 11) is 0. The van der Waals surface area contributed by atoms with Crippen molar-refractivity contribution in [1.29, 1.82) is 0 Å². The molecule has 0 fully saturated rings. The summed E-state index contributed by atoms with van der Waals surface area (Å²) in [5.41, 5.74) is 11.8. The van der Waals surface area contributed by atoms with Crippen LogP contribution in [0.3, 0.4) is 0 Å². The van der Waals surface area contributed by atoms with Gasteiger partial charge >= 0.3 is 21.1 Å². The summed E-state index contributed by atoms with van der Waals surface area (Å²) in [5.74, 6) is 8.64. The number of rotatable bonds is 0. The van der Waals surface area contributed by atoms with Crippen LogP contribution in [0.4, 0.5) is 11.8 Å². The van der Waals surface area contributed by atoms with Crippen molar-refractivity contribution in [3.05, 3.63) is 24.3 Å². The van der Waals surface area contributed by atoms with Crippen LogP contribution in [0.1, 0.15) is 0 Å². The number of nitrogens with two attached hydrogens (primary N) is 4. The molecule has 0 unspecified atom stereocenters. The Kier molecular flexibility index (Phi) is 21.1. The van der Waals surface area contributed by atoms with E-state index in [-0.39, 0.29) is 27.0 Å². The van der Waals surface area contributed by atoms with Crippen LogP contribution in [-0.2, 0) is 46.3 Å². The predicted molar refractivity (Wildman–Crippen MR) is 98.8 cm³/mol. The standard InChI is InChI=1S/C8H8N4.2CH2S2.H4N2.Pt/c9-7-5-3-1-2-4-6(5)11-8(10)12-7;2*2-1-3;1-2;/h1-4H,(H4,9,10,11,12);2*1H,(H,2,3);1-2H2;/q;;;;+2/p-2. The van der Waals surface area contributed by atoms with Gasteiger partial charge in [-0.05, 0) is 12.1 Å². The first kappa shape index (κ1) is 25.3. The molecular formula is C10H14N6PtS4. The van der Waals surface area contributed by atoms with Gasteiger partial charge in [0.15, 0.2) is 0 Å². The number of para-hydroxylation sites is 1. The summed E-state index contributed by atoms with van der Waals surface area (Å²) < 4.78 is 2.33. The summed E-state index contributed by atoms with van der Waals surface area (Å²) in [6.45, 7) is 0. The van der Waals surface area contributed by atoms with E-state index in [2.05, 4.69) is 71.3 Å². The first-order valence-corrected chi connectivity index (χ1v) is 6.71. The molecule has 0 atom stereocenters. The van der Waals surface area contributed by atoms with E-state index in [1.54, 1.807) is 0 Å². The fourth-order valence-electron chi connectivity index (χ4n) is 1.12. The first-order chi connectivity index (χ1) is 9.60. The molecule has 8 N–H and O–H groups in total. The molecule has 0 spiro atoms. The number of anilines is 2. The minimum Gasteiger partial charge on any atom is -0.436 e. The van der Waals surface area contributed by atoms with E-state index < -0.39 is 0 Å². The van der Waals surface area contributed by atoms with Crippen molar-refractivity contribution in [2.75, 3.05) is 11.5 Å². The number of nitrogen functional groups attached to an aromatic ring is 2. The number of fused-ring (bicyclic) bond motifs is 1. The van der Waals surface area contributed by atoms with Gasteiger partial charge in [-0.25, -0.2) is 4.98 Å². The minimum absolute atomic E-state index is 0. The number of hydrazine groups is 1. The zero-order chi connectivity index (χ0) is 16.0. The van der Waals surface area contributed by atoms with Crippen molar-refractivity contribution >= 4 is 81.8 Å². The molecule has 0 saturated carbocycles. The molecule has 0 amide bonds. The van der Waals surface area contributed by atoms with Gasteiger partial charge < -0.3 is 61.2 Å². The SMILES string of the molecule is NN.Nc1nc(N)c2ccccc2n1.S=C[S-].S=C[S-].[Pt+2]. The van der Waals surface area contributed by atoms with Gasteiger partial charge in [0.2, 0.25) is 5.95 Å². The molecule has 0 saturated heterocycles. The van der Waals surface area contributed by atoms with E-state index in [9.17, 15) is 0 Å². The van der Waals surface area contributed by atoms with Crippen molar-refractivity contribution in [3.8, 4) is 0 Å². The zero-order valence-electron chi connectivity index (χ0n) is 10.6. The van der Waals surface area contributed by atoms with Crippen LogP contribution in [-0.4, -0.2) is 19.4 Å². The molecule has 0 aliphatic heterocycles. The summed E-state index contributed by atoms with van der Waals surface area (Å²) in [6, 6.07) is 7.49. The molecule has 118 valence electrons. The summed E-state index contributed by atoms with van der Waals surface area (Å²) in [6.07, 6.45) is 0.